The van der Waals surface area contributed by atoms with E-state index in [2.05, 4.69) is 15.7 Å². The second kappa shape index (κ2) is 14.1. The lowest BCUT2D eigenvalue weighted by Crippen LogP contribution is -2.61. The summed E-state index contributed by atoms with van der Waals surface area (Å²) in [4.78, 5) is 34.3. The second-order valence-corrected chi connectivity index (χ2v) is 18.8. The van der Waals surface area contributed by atoms with Gasteiger partial charge in [0.1, 0.15) is 17.6 Å². The number of allylic oxidation sites excluding steroid dienone is 1. The van der Waals surface area contributed by atoms with E-state index in [1.54, 1.807) is 30.0 Å². The van der Waals surface area contributed by atoms with Crippen LogP contribution < -0.4 is 14.4 Å². The number of nitrogens with zero attached hydrogens (tertiary/aromatic N) is 3. The number of aryl methyl sites for hydroxylation is 1. The zero-order valence-corrected chi connectivity index (χ0v) is 32.2. The Hall–Kier alpha value is -3.19. The highest BCUT2D eigenvalue weighted by Gasteiger charge is 2.48. The molecule has 3 fully saturated rings. The zero-order valence-electron chi connectivity index (χ0n) is 30.6. The molecule has 2 aromatic carbocycles. The molecule has 10 nitrogen and oxygen atoms in total. The smallest absolute Gasteiger partial charge is 0.264 e. The molecule has 1 N–H and O–H groups in total. The number of fused-ring (bicyclic) bond motifs is 4. The first-order chi connectivity index (χ1) is 25.4. The number of amides is 2. The largest absolute Gasteiger partial charge is 0.490 e. The van der Waals surface area contributed by atoms with Crippen LogP contribution in [0.25, 0.3) is 0 Å². The number of halogens is 2. The summed E-state index contributed by atoms with van der Waals surface area (Å²) in [5.41, 5.74) is 2.51. The van der Waals surface area contributed by atoms with Gasteiger partial charge in [-0.25, -0.2) is 17.5 Å². The minimum Gasteiger partial charge on any atom is -0.490 e. The van der Waals surface area contributed by atoms with E-state index in [4.69, 9.17) is 21.1 Å². The van der Waals surface area contributed by atoms with Crippen molar-refractivity contribution >= 4 is 39.1 Å². The third-order valence-corrected chi connectivity index (χ3v) is 15.2. The Labute approximate surface area is 317 Å². The number of benzene rings is 2. The molecule has 2 spiro atoms. The maximum atomic E-state index is 16.9. The Balaban J connectivity index is 1.22. The number of rotatable bonds is 1. The molecule has 2 amide bonds. The van der Waals surface area contributed by atoms with Gasteiger partial charge in [0, 0.05) is 48.2 Å². The van der Waals surface area contributed by atoms with Crippen LogP contribution in [0.2, 0.25) is 5.02 Å². The average Bonchev–Trinajstić information content (AvgIpc) is 3.52. The minimum absolute atomic E-state index is 0.0890. The summed E-state index contributed by atoms with van der Waals surface area (Å²) >= 11 is 6.47. The number of hydrogen-bond donors (Lipinski definition) is 1. The number of carbonyl (C=O) groups is 2. The number of anilines is 1. The van der Waals surface area contributed by atoms with Gasteiger partial charge in [0.2, 0.25) is 15.9 Å². The maximum absolute atomic E-state index is 16.9. The summed E-state index contributed by atoms with van der Waals surface area (Å²) in [6, 6.07) is 9.83. The van der Waals surface area contributed by atoms with E-state index in [0.29, 0.717) is 62.4 Å². The van der Waals surface area contributed by atoms with Crippen molar-refractivity contribution in [1.29, 1.82) is 0 Å². The molecule has 2 aliphatic carbocycles. The molecule has 53 heavy (non-hydrogen) atoms. The third kappa shape index (κ3) is 6.87. The molecular formula is C40H50ClFN4O6S. The van der Waals surface area contributed by atoms with E-state index in [0.717, 1.165) is 51.4 Å². The zero-order chi connectivity index (χ0) is 37.1. The molecule has 8 rings (SSSR count). The van der Waals surface area contributed by atoms with Crippen molar-refractivity contribution in [3.05, 3.63) is 70.0 Å². The van der Waals surface area contributed by atoms with Crippen LogP contribution in [0, 0.1) is 5.92 Å². The minimum atomic E-state index is -4.13. The Bertz CT molecular complexity index is 1920. The van der Waals surface area contributed by atoms with Gasteiger partial charge in [0.05, 0.1) is 29.8 Å². The van der Waals surface area contributed by atoms with Crippen molar-refractivity contribution in [1.82, 2.24) is 14.5 Å². The number of carbonyl (C=O) groups excluding carboxylic acids is 2. The fourth-order valence-electron chi connectivity index (χ4n) is 9.59. The Morgan fingerprint density at radius 3 is 2.66 bits per heavy atom. The first-order valence-corrected chi connectivity index (χ1v) is 21.2. The van der Waals surface area contributed by atoms with Gasteiger partial charge >= 0.3 is 0 Å². The van der Waals surface area contributed by atoms with Gasteiger partial charge in [0.15, 0.2) is 0 Å². The van der Waals surface area contributed by atoms with Crippen LogP contribution in [0.4, 0.5) is 10.1 Å². The van der Waals surface area contributed by atoms with Crippen LogP contribution in [-0.2, 0) is 31.4 Å². The van der Waals surface area contributed by atoms with Crippen LogP contribution in [0.3, 0.4) is 0 Å². The lowest BCUT2D eigenvalue weighted by Gasteiger charge is -2.49. The number of nitrogens with one attached hydrogen (secondary N) is 1. The lowest BCUT2D eigenvalue weighted by molar-refractivity contribution is -0.170. The van der Waals surface area contributed by atoms with Crippen LogP contribution in [0.5, 0.6) is 5.75 Å². The molecule has 286 valence electrons. The predicted molar refractivity (Wildman–Crippen MR) is 202 cm³/mol. The Morgan fingerprint density at radius 2 is 1.87 bits per heavy atom. The number of ether oxygens (including phenoxy) is 2. The van der Waals surface area contributed by atoms with Gasteiger partial charge in [-0.3, -0.25) is 14.5 Å². The molecule has 0 radical (unpaired) electrons. The topological polar surface area (TPSA) is 108 Å². The normalized spacial score (nSPS) is 32.4. The highest BCUT2D eigenvalue weighted by molar-refractivity contribution is 7.90. The average molecular weight is 769 g/mol. The molecule has 6 aliphatic rings. The van der Waals surface area contributed by atoms with Crippen LogP contribution >= 0.6 is 11.6 Å². The van der Waals surface area contributed by atoms with E-state index in [-0.39, 0.29) is 29.5 Å². The summed E-state index contributed by atoms with van der Waals surface area (Å²) in [5, 5.41) is -0.316. The van der Waals surface area contributed by atoms with Gasteiger partial charge in [0.25, 0.3) is 5.91 Å². The molecule has 4 aliphatic heterocycles. The van der Waals surface area contributed by atoms with Crippen molar-refractivity contribution in [2.45, 2.75) is 100.0 Å². The first-order valence-electron chi connectivity index (χ1n) is 19.3. The Kier molecular flexibility index (Phi) is 9.81. The monoisotopic (exact) mass is 768 g/mol. The summed E-state index contributed by atoms with van der Waals surface area (Å²) in [6.45, 7) is 6.50. The third-order valence-electron chi connectivity index (χ3n) is 13.0. The molecule has 2 aromatic rings. The Morgan fingerprint density at radius 1 is 1.04 bits per heavy atom. The van der Waals surface area contributed by atoms with Gasteiger partial charge in [-0.15, -0.1) is 0 Å². The van der Waals surface area contributed by atoms with Gasteiger partial charge in [-0.1, -0.05) is 30.7 Å². The molecule has 0 unspecified atom stereocenters. The lowest BCUT2D eigenvalue weighted by atomic mass is 9.70. The molecule has 2 saturated heterocycles. The summed E-state index contributed by atoms with van der Waals surface area (Å²) in [6.07, 6.45) is 8.63. The standard InChI is InChI=1S/C40H50ClFN4O6S/c1-26-8-12-33(42)36(38(48)44-18-19-52-40(24-44)15-5-16-40)46-17-4-7-31(46)22-45-23-39(14-3-6-28-20-30(41)10-11-32(28)39)25-51-35-13-9-29(21-34(35)45)37(47)43-53(49,50)27(26)2/h9-13,20-21,26-27,31,36H,3-8,14-19,22-25H2,1-2H3,(H,43,47)/b33-12-/t26-,27+,31-,36+,39-/m0/s1. The highest BCUT2D eigenvalue weighted by atomic mass is 35.5. The van der Waals surface area contributed by atoms with Crippen molar-refractivity contribution < 1.29 is 31.9 Å². The van der Waals surface area contributed by atoms with Crippen LogP contribution in [0.15, 0.2) is 48.3 Å². The fourth-order valence-corrected chi connectivity index (χ4v) is 11.1. The summed E-state index contributed by atoms with van der Waals surface area (Å²) in [7, 11) is -4.13. The molecule has 0 aromatic heterocycles. The number of sulfonamides is 1. The molecule has 13 heteroatoms. The first kappa shape index (κ1) is 36.8. The number of hydrogen-bond acceptors (Lipinski definition) is 8. The SMILES string of the molecule is C[C@@H]1[C@@H](C)C/C=C(\F)[C@H](C(=O)N2CCOC3(CCC3)C2)N2CCC[C@H]2CN2C[C@@]3(CCCc4cc(Cl)ccc43)COc3ccc(cc32)C(=O)NS1(=O)=O. The fraction of sp³-hybridized carbons (Fsp3) is 0.600. The van der Waals surface area contributed by atoms with E-state index in [1.807, 2.05) is 17.0 Å². The van der Waals surface area contributed by atoms with Crippen LogP contribution in [-0.4, -0.2) is 98.9 Å². The van der Waals surface area contributed by atoms with E-state index in [1.165, 1.54) is 24.1 Å². The van der Waals surface area contributed by atoms with Crippen molar-refractivity contribution in [2.24, 2.45) is 5.92 Å². The van der Waals surface area contributed by atoms with Gasteiger partial charge in [-0.2, -0.15) is 0 Å². The summed E-state index contributed by atoms with van der Waals surface area (Å²) < 4.78 is 59.0. The quantitative estimate of drug-likeness (QED) is 0.390. The van der Waals surface area contributed by atoms with Crippen molar-refractivity contribution in [2.75, 3.05) is 50.8 Å². The van der Waals surface area contributed by atoms with Gasteiger partial charge < -0.3 is 19.3 Å². The highest BCUT2D eigenvalue weighted by Crippen LogP contribution is 2.45. The molecule has 4 heterocycles. The van der Waals surface area contributed by atoms with Crippen molar-refractivity contribution in [3.8, 4) is 5.75 Å². The maximum Gasteiger partial charge on any atom is 0.264 e. The second-order valence-electron chi connectivity index (χ2n) is 16.4. The van der Waals surface area contributed by atoms with Crippen LogP contribution in [0.1, 0.15) is 86.7 Å². The van der Waals surface area contributed by atoms with Crippen molar-refractivity contribution in [3.63, 3.8) is 0 Å². The van der Waals surface area contributed by atoms with E-state index < -0.39 is 44.4 Å². The number of morpholine rings is 1. The molecule has 2 bridgehead atoms. The molecule has 1 saturated carbocycles. The van der Waals surface area contributed by atoms with Gasteiger partial charge in [-0.05, 0) is 119 Å². The summed E-state index contributed by atoms with van der Waals surface area (Å²) in [5.74, 6) is -1.49. The predicted octanol–water partition coefficient (Wildman–Crippen LogP) is 5.77. The van der Waals surface area contributed by atoms with E-state index >= 15 is 4.39 Å². The molecular weight excluding hydrogens is 719 g/mol. The molecule has 5 atom stereocenters. The van der Waals surface area contributed by atoms with E-state index in [9.17, 15) is 18.0 Å².